The molecule has 0 saturated carbocycles. The van der Waals surface area contributed by atoms with Gasteiger partial charge in [0.05, 0.1) is 13.2 Å². The predicted octanol–water partition coefficient (Wildman–Crippen LogP) is 2.96. The maximum absolute atomic E-state index is 5.31. The van der Waals surface area contributed by atoms with Crippen molar-refractivity contribution in [3.8, 4) is 5.88 Å². The lowest BCUT2D eigenvalue weighted by Crippen LogP contribution is -2.25. The zero-order chi connectivity index (χ0) is 13.4. The van der Waals surface area contributed by atoms with Gasteiger partial charge in [0.1, 0.15) is 5.69 Å². The Balaban J connectivity index is 2.85. The molecule has 18 heavy (non-hydrogen) atoms. The summed E-state index contributed by atoms with van der Waals surface area (Å²) in [5, 5.41) is 3.54. The minimum Gasteiger partial charge on any atom is -0.480 e. The van der Waals surface area contributed by atoms with Crippen molar-refractivity contribution in [2.75, 3.05) is 13.7 Å². The van der Waals surface area contributed by atoms with Crippen LogP contribution < -0.4 is 10.1 Å². The van der Waals surface area contributed by atoms with Crippen LogP contribution in [0.3, 0.4) is 0 Å². The third kappa shape index (κ3) is 4.26. The summed E-state index contributed by atoms with van der Waals surface area (Å²) < 4.78 is 5.31. The number of hydrogen-bond acceptors (Lipinski definition) is 4. The molecule has 102 valence electrons. The average molecular weight is 251 g/mol. The van der Waals surface area contributed by atoms with Gasteiger partial charge in [0.15, 0.2) is 0 Å². The minimum atomic E-state index is 0.226. The van der Waals surface area contributed by atoms with E-state index < -0.39 is 0 Å². The Morgan fingerprint density at radius 3 is 2.61 bits per heavy atom. The number of aromatic nitrogens is 2. The lowest BCUT2D eigenvalue weighted by molar-refractivity contribution is 0.353. The van der Waals surface area contributed by atoms with E-state index in [0.717, 1.165) is 25.1 Å². The second-order valence-corrected chi connectivity index (χ2v) is 4.71. The molecular weight excluding hydrogens is 226 g/mol. The fourth-order valence-electron chi connectivity index (χ4n) is 1.91. The van der Waals surface area contributed by atoms with Gasteiger partial charge in [-0.2, -0.15) is 0 Å². The second-order valence-electron chi connectivity index (χ2n) is 4.71. The van der Waals surface area contributed by atoms with Gasteiger partial charge in [-0.1, -0.05) is 27.2 Å². The number of ether oxygens (including phenoxy) is 1. The Morgan fingerprint density at radius 2 is 2.00 bits per heavy atom. The molecule has 4 nitrogen and oxygen atoms in total. The zero-order valence-corrected chi connectivity index (χ0v) is 11.9. The molecule has 0 aromatic carbocycles. The highest BCUT2D eigenvalue weighted by atomic mass is 16.5. The standard InChI is InChI=1S/C14H25N3O/c1-5-7-15-12(10-11(3)6-2)13-14(18-4)17-9-8-16-13/h8-9,11-12,15H,5-7,10H2,1-4H3. The van der Waals surface area contributed by atoms with Crippen molar-refractivity contribution in [2.45, 2.75) is 46.1 Å². The molecule has 2 unspecified atom stereocenters. The van der Waals surface area contributed by atoms with Crippen LogP contribution in [-0.2, 0) is 0 Å². The molecule has 4 heteroatoms. The molecule has 1 aromatic heterocycles. The zero-order valence-electron chi connectivity index (χ0n) is 11.9. The van der Waals surface area contributed by atoms with Crippen molar-refractivity contribution in [3.63, 3.8) is 0 Å². The maximum atomic E-state index is 5.31. The van der Waals surface area contributed by atoms with Gasteiger partial charge in [0, 0.05) is 12.4 Å². The number of nitrogens with zero attached hydrogens (tertiary/aromatic N) is 2. The molecule has 0 bridgehead atoms. The molecule has 1 N–H and O–H groups in total. The monoisotopic (exact) mass is 251 g/mol. The van der Waals surface area contributed by atoms with E-state index in [-0.39, 0.29) is 6.04 Å². The summed E-state index contributed by atoms with van der Waals surface area (Å²) in [5.41, 5.74) is 0.925. The summed E-state index contributed by atoms with van der Waals surface area (Å²) in [6.45, 7) is 7.64. The molecule has 1 heterocycles. The summed E-state index contributed by atoms with van der Waals surface area (Å²) in [6.07, 6.45) is 6.75. The second kappa shape index (κ2) is 8.03. The van der Waals surface area contributed by atoms with Gasteiger partial charge < -0.3 is 10.1 Å². The van der Waals surface area contributed by atoms with Crippen LogP contribution in [0.4, 0.5) is 0 Å². The van der Waals surface area contributed by atoms with E-state index in [1.807, 2.05) is 0 Å². The fourth-order valence-corrected chi connectivity index (χ4v) is 1.91. The maximum Gasteiger partial charge on any atom is 0.236 e. The fraction of sp³-hybridized carbons (Fsp3) is 0.714. The average Bonchev–Trinajstić information content (AvgIpc) is 2.43. The van der Waals surface area contributed by atoms with Gasteiger partial charge in [0.25, 0.3) is 0 Å². The molecule has 0 aliphatic heterocycles. The molecule has 0 amide bonds. The lowest BCUT2D eigenvalue weighted by atomic mass is 9.97. The third-order valence-corrected chi connectivity index (χ3v) is 3.19. The van der Waals surface area contributed by atoms with E-state index in [9.17, 15) is 0 Å². The first kappa shape index (κ1) is 14.9. The normalized spacial score (nSPS) is 14.2. The van der Waals surface area contributed by atoms with E-state index in [1.54, 1.807) is 19.5 Å². The van der Waals surface area contributed by atoms with E-state index >= 15 is 0 Å². The van der Waals surface area contributed by atoms with Gasteiger partial charge >= 0.3 is 0 Å². The van der Waals surface area contributed by atoms with Crippen LogP contribution in [0.15, 0.2) is 12.4 Å². The van der Waals surface area contributed by atoms with Crippen molar-refractivity contribution >= 4 is 0 Å². The van der Waals surface area contributed by atoms with Gasteiger partial charge in [-0.3, -0.25) is 4.98 Å². The topological polar surface area (TPSA) is 47.0 Å². The molecule has 1 aromatic rings. The Morgan fingerprint density at radius 1 is 1.28 bits per heavy atom. The van der Waals surface area contributed by atoms with Crippen molar-refractivity contribution in [3.05, 3.63) is 18.1 Å². The van der Waals surface area contributed by atoms with Gasteiger partial charge in [-0.25, -0.2) is 4.98 Å². The van der Waals surface area contributed by atoms with Crippen molar-refractivity contribution in [1.82, 2.24) is 15.3 Å². The van der Waals surface area contributed by atoms with Crippen molar-refractivity contribution in [2.24, 2.45) is 5.92 Å². The third-order valence-electron chi connectivity index (χ3n) is 3.19. The molecule has 0 aliphatic rings. The van der Waals surface area contributed by atoms with Crippen molar-refractivity contribution < 1.29 is 4.74 Å². The van der Waals surface area contributed by atoms with Crippen LogP contribution in [0.1, 0.15) is 51.8 Å². The molecule has 0 spiro atoms. The molecular formula is C14H25N3O. The van der Waals surface area contributed by atoms with E-state index in [1.165, 1.54) is 6.42 Å². The molecule has 0 radical (unpaired) electrons. The van der Waals surface area contributed by atoms with Gasteiger partial charge in [-0.05, 0) is 25.3 Å². The Hall–Kier alpha value is -1.16. The molecule has 2 atom stereocenters. The summed E-state index contributed by atoms with van der Waals surface area (Å²) in [6, 6.07) is 0.226. The largest absolute Gasteiger partial charge is 0.480 e. The van der Waals surface area contributed by atoms with Gasteiger partial charge in [0.2, 0.25) is 5.88 Å². The molecule has 0 fully saturated rings. The smallest absolute Gasteiger partial charge is 0.236 e. The summed E-state index contributed by atoms with van der Waals surface area (Å²) in [5.74, 6) is 1.29. The molecule has 0 saturated heterocycles. The number of methoxy groups -OCH3 is 1. The van der Waals surface area contributed by atoms with Crippen LogP contribution in [0, 0.1) is 5.92 Å². The first-order chi connectivity index (χ1) is 8.72. The summed E-state index contributed by atoms with van der Waals surface area (Å²) >= 11 is 0. The Bertz CT molecular complexity index is 344. The van der Waals surface area contributed by atoms with Crippen LogP contribution in [0.2, 0.25) is 0 Å². The summed E-state index contributed by atoms with van der Waals surface area (Å²) in [7, 11) is 1.65. The highest BCUT2D eigenvalue weighted by Gasteiger charge is 2.19. The first-order valence-electron chi connectivity index (χ1n) is 6.81. The first-order valence-corrected chi connectivity index (χ1v) is 6.81. The molecule has 1 rings (SSSR count). The highest BCUT2D eigenvalue weighted by molar-refractivity contribution is 5.21. The quantitative estimate of drug-likeness (QED) is 0.771. The van der Waals surface area contributed by atoms with Crippen LogP contribution in [-0.4, -0.2) is 23.6 Å². The van der Waals surface area contributed by atoms with Crippen LogP contribution in [0.5, 0.6) is 5.88 Å². The number of hydrogen-bond donors (Lipinski definition) is 1. The van der Waals surface area contributed by atoms with Crippen LogP contribution in [0.25, 0.3) is 0 Å². The predicted molar refractivity (Wildman–Crippen MR) is 73.7 cm³/mol. The molecule has 0 aliphatic carbocycles. The summed E-state index contributed by atoms with van der Waals surface area (Å²) in [4.78, 5) is 8.67. The Labute approximate surface area is 110 Å². The Kier molecular flexibility index (Phi) is 6.65. The number of rotatable bonds is 8. The number of nitrogens with one attached hydrogen (secondary N) is 1. The van der Waals surface area contributed by atoms with E-state index in [2.05, 4.69) is 36.1 Å². The minimum absolute atomic E-state index is 0.226. The van der Waals surface area contributed by atoms with Crippen LogP contribution >= 0.6 is 0 Å². The van der Waals surface area contributed by atoms with E-state index in [0.29, 0.717) is 11.8 Å². The van der Waals surface area contributed by atoms with Gasteiger partial charge in [-0.15, -0.1) is 0 Å². The lowest BCUT2D eigenvalue weighted by Gasteiger charge is -2.22. The highest BCUT2D eigenvalue weighted by Crippen LogP contribution is 2.26. The van der Waals surface area contributed by atoms with Crippen molar-refractivity contribution in [1.29, 1.82) is 0 Å². The SMILES string of the molecule is CCCNC(CC(C)CC)c1nccnc1OC. The van der Waals surface area contributed by atoms with E-state index in [4.69, 9.17) is 4.74 Å².